The number of nitrogens with two attached hydrogens (primary N) is 2. The van der Waals surface area contributed by atoms with E-state index in [0.717, 1.165) is 30.1 Å². The van der Waals surface area contributed by atoms with Gasteiger partial charge in [-0.25, -0.2) is 0 Å². The first-order chi connectivity index (χ1) is 29.3. The van der Waals surface area contributed by atoms with Crippen molar-refractivity contribution in [1.29, 1.82) is 0 Å². The number of dihydropyridines is 1. The molecule has 0 saturated heterocycles. The molecular formula is C53H46N6. The summed E-state index contributed by atoms with van der Waals surface area (Å²) in [4.78, 5) is 0. The van der Waals surface area contributed by atoms with E-state index >= 15 is 0 Å². The molecule has 6 nitrogen and oxygen atoms in total. The number of allylic oxidation sites excluding steroid dienone is 6. The average molecular weight is 767 g/mol. The van der Waals surface area contributed by atoms with Crippen LogP contribution in [0.4, 0.5) is 5.69 Å². The first-order valence-corrected chi connectivity index (χ1v) is 20.1. The maximum atomic E-state index is 4.00. The van der Waals surface area contributed by atoms with E-state index in [2.05, 4.69) is 220 Å². The van der Waals surface area contributed by atoms with Crippen LogP contribution in [0.2, 0.25) is 0 Å². The Bertz CT molecular complexity index is 2920. The quantitative estimate of drug-likeness (QED) is 0.0823. The highest BCUT2D eigenvalue weighted by molar-refractivity contribution is 6.13. The Balaban J connectivity index is 0.00000221. The van der Waals surface area contributed by atoms with E-state index in [1.807, 2.05) is 18.4 Å². The van der Waals surface area contributed by atoms with Gasteiger partial charge in [-0.1, -0.05) is 170 Å². The van der Waals surface area contributed by atoms with Crippen molar-refractivity contribution in [3.8, 4) is 22.3 Å². The average Bonchev–Trinajstić information content (AvgIpc) is 3.61. The zero-order chi connectivity index (χ0) is 40.0. The summed E-state index contributed by atoms with van der Waals surface area (Å²) in [6.45, 7) is 1.48. The van der Waals surface area contributed by atoms with Crippen LogP contribution in [0, 0.1) is 0 Å². The van der Waals surface area contributed by atoms with Crippen LogP contribution in [-0.4, -0.2) is 17.7 Å². The molecule has 6 heteroatoms. The van der Waals surface area contributed by atoms with Gasteiger partial charge in [-0.2, -0.15) is 0 Å². The molecule has 0 spiro atoms. The highest BCUT2D eigenvalue weighted by atomic mass is 15.1. The second kappa shape index (κ2) is 17.1. The topological polar surface area (TPSA) is 93.1 Å². The third kappa shape index (κ3) is 7.52. The van der Waals surface area contributed by atoms with Crippen molar-refractivity contribution in [3.05, 3.63) is 223 Å². The molecule has 0 amide bonds. The zero-order valence-corrected chi connectivity index (χ0v) is 32.7. The number of nitrogens with zero attached hydrogens (tertiary/aromatic N) is 1. The Morgan fingerprint density at radius 3 is 2.17 bits per heavy atom. The third-order valence-electron chi connectivity index (χ3n) is 11.2. The summed E-state index contributed by atoms with van der Waals surface area (Å²) in [5, 5.41) is 16.4. The number of anilines is 1. The third-order valence-corrected chi connectivity index (χ3v) is 11.2. The highest BCUT2D eigenvalue weighted by Crippen LogP contribution is 2.40. The summed E-state index contributed by atoms with van der Waals surface area (Å²) in [5.74, 6) is 9.06. The van der Waals surface area contributed by atoms with Crippen LogP contribution in [0.5, 0.6) is 0 Å². The Kier molecular flexibility index (Phi) is 10.8. The van der Waals surface area contributed by atoms with Gasteiger partial charge in [-0.3, -0.25) is 16.3 Å². The van der Waals surface area contributed by atoms with Crippen molar-refractivity contribution < 1.29 is 0 Å². The molecular weight excluding hydrogens is 721 g/mol. The Morgan fingerprint density at radius 2 is 1.32 bits per heavy atom. The maximum absolute atomic E-state index is 4.00. The van der Waals surface area contributed by atoms with Crippen LogP contribution in [-0.2, 0) is 0 Å². The van der Waals surface area contributed by atoms with Crippen molar-refractivity contribution in [3.63, 3.8) is 0 Å². The van der Waals surface area contributed by atoms with E-state index < -0.39 is 0 Å². The Labute approximate surface area is 345 Å². The molecule has 2 aliphatic heterocycles. The van der Waals surface area contributed by atoms with Gasteiger partial charge in [-0.15, -0.1) is 0 Å². The number of hydrogen-bond donors (Lipinski definition) is 5. The van der Waals surface area contributed by atoms with Crippen molar-refractivity contribution in [2.24, 2.45) is 11.7 Å². The van der Waals surface area contributed by atoms with E-state index in [0.29, 0.717) is 0 Å². The standard InChI is InChI=1S/C53H42N4.H4N2/c1-2-13-32-54-49-34-51-48(33-47(49)44-22-10-8-18-40(44)17-4-1)45-23-11-12-25-50(45)57(51)52-31-26-37(35-55-52)36-56-53(46-24-14-20-41-19-7-9-21-43(41)46)42-29-27-39(28-30-42)38-15-5-3-6-16-38;1-2/h1-34,53-56H,35-36H2;1-2H2/b2-1-,17-4-,32-13+;. The van der Waals surface area contributed by atoms with Crippen molar-refractivity contribution in [2.75, 3.05) is 18.4 Å². The fraction of sp³-hybridized carbons (Fsp3) is 0.0566. The van der Waals surface area contributed by atoms with Gasteiger partial charge >= 0.3 is 0 Å². The maximum Gasteiger partial charge on any atom is 0.111 e. The molecule has 0 fully saturated rings. The predicted octanol–water partition coefficient (Wildman–Crippen LogP) is 11.3. The number of aromatic nitrogens is 1. The first kappa shape index (κ1) is 37.4. The Hall–Kier alpha value is -7.22. The van der Waals surface area contributed by atoms with E-state index in [1.165, 1.54) is 71.6 Å². The van der Waals surface area contributed by atoms with Crippen LogP contribution in [0.1, 0.15) is 22.7 Å². The molecule has 7 N–H and O–H groups in total. The molecule has 0 aliphatic carbocycles. The number of hydrogen-bond acceptors (Lipinski definition) is 5. The molecule has 0 bridgehead atoms. The van der Waals surface area contributed by atoms with Gasteiger partial charge in [0.15, 0.2) is 0 Å². The fourth-order valence-corrected chi connectivity index (χ4v) is 8.42. The molecule has 1 unspecified atom stereocenters. The van der Waals surface area contributed by atoms with Gasteiger partial charge in [-0.05, 0) is 80.1 Å². The van der Waals surface area contributed by atoms with E-state index in [9.17, 15) is 0 Å². The molecule has 3 heterocycles. The minimum absolute atomic E-state index is 0.0134. The summed E-state index contributed by atoms with van der Waals surface area (Å²) >= 11 is 0. The van der Waals surface area contributed by atoms with Crippen LogP contribution < -0.4 is 27.6 Å². The number of benzene rings is 7. The summed E-state index contributed by atoms with van der Waals surface area (Å²) in [6, 6.07) is 57.0. The molecule has 0 saturated carbocycles. The van der Waals surface area contributed by atoms with Gasteiger partial charge in [0, 0.05) is 41.3 Å². The number of fused-ring (bicyclic) bond motifs is 7. The fourth-order valence-electron chi connectivity index (χ4n) is 8.42. The lowest BCUT2D eigenvalue weighted by atomic mass is 9.92. The Morgan fingerprint density at radius 1 is 0.593 bits per heavy atom. The SMILES string of the molecule is C1=C(CNC(c2ccc(-c3ccccc3)cc2)c2cccc3ccccc23)CNC(n2c3ccccc3c3cc4c(cc32)N/C=C/C=C\C=C/c2ccccc2-4)=C1.NN. The minimum Gasteiger partial charge on any atom is -0.367 e. The molecule has 2 aliphatic rings. The zero-order valence-electron chi connectivity index (χ0n) is 32.7. The van der Waals surface area contributed by atoms with Crippen molar-refractivity contribution in [2.45, 2.75) is 6.04 Å². The molecule has 7 aromatic carbocycles. The lowest BCUT2D eigenvalue weighted by molar-refractivity contribution is 0.633. The highest BCUT2D eigenvalue weighted by Gasteiger charge is 2.21. The predicted molar refractivity (Wildman–Crippen MR) is 250 cm³/mol. The van der Waals surface area contributed by atoms with E-state index in [1.54, 1.807) is 0 Å². The lowest BCUT2D eigenvalue weighted by Crippen LogP contribution is -2.30. The van der Waals surface area contributed by atoms with Crippen LogP contribution in [0.3, 0.4) is 0 Å². The summed E-state index contributed by atoms with van der Waals surface area (Å²) < 4.78 is 2.38. The van der Waals surface area contributed by atoms with Crippen LogP contribution in [0.15, 0.2) is 206 Å². The largest absolute Gasteiger partial charge is 0.367 e. The van der Waals surface area contributed by atoms with Gasteiger partial charge in [0.2, 0.25) is 0 Å². The molecule has 10 rings (SSSR count). The van der Waals surface area contributed by atoms with Crippen molar-refractivity contribution in [1.82, 2.24) is 15.2 Å². The van der Waals surface area contributed by atoms with Crippen LogP contribution >= 0.6 is 0 Å². The molecule has 0 radical (unpaired) electrons. The minimum atomic E-state index is 0.0134. The normalized spacial score (nSPS) is 15.5. The first-order valence-electron chi connectivity index (χ1n) is 20.1. The van der Waals surface area contributed by atoms with Gasteiger partial charge in [0.05, 0.1) is 17.1 Å². The lowest BCUT2D eigenvalue weighted by Gasteiger charge is -2.25. The van der Waals surface area contributed by atoms with Gasteiger partial charge < -0.3 is 16.0 Å². The van der Waals surface area contributed by atoms with Gasteiger partial charge in [0.1, 0.15) is 5.82 Å². The second-order valence-corrected chi connectivity index (χ2v) is 14.7. The van der Waals surface area contributed by atoms with Gasteiger partial charge in [0.25, 0.3) is 0 Å². The monoisotopic (exact) mass is 766 g/mol. The molecule has 59 heavy (non-hydrogen) atoms. The van der Waals surface area contributed by atoms with Crippen LogP contribution in [0.25, 0.3) is 66.7 Å². The van der Waals surface area contributed by atoms with E-state index in [4.69, 9.17) is 0 Å². The van der Waals surface area contributed by atoms with Crippen molar-refractivity contribution >= 4 is 50.2 Å². The smallest absolute Gasteiger partial charge is 0.111 e. The molecule has 1 aromatic heterocycles. The summed E-state index contributed by atoms with van der Waals surface area (Å²) in [5.41, 5.74) is 13.2. The van der Waals surface area contributed by atoms with E-state index in [-0.39, 0.29) is 6.04 Å². The number of rotatable bonds is 7. The number of nitrogens with one attached hydrogen (secondary N) is 3. The summed E-state index contributed by atoms with van der Waals surface area (Å²) in [6.07, 6.45) is 17.0. The molecule has 1 atom stereocenters. The number of para-hydroxylation sites is 1. The molecule has 8 aromatic rings. The molecule has 288 valence electrons. The summed E-state index contributed by atoms with van der Waals surface area (Å²) in [7, 11) is 0. The number of hydrazine groups is 1. The second-order valence-electron chi connectivity index (χ2n) is 14.7.